The molecule has 0 aliphatic heterocycles. The van der Waals surface area contributed by atoms with Gasteiger partial charge in [0, 0.05) is 10.2 Å². The molecule has 1 fully saturated rings. The molecule has 1 aliphatic carbocycles. The number of aromatic amines is 1. The number of aromatic nitrogens is 1. The molecule has 1 amide bonds. The highest BCUT2D eigenvalue weighted by Crippen LogP contribution is 2.46. The number of halogens is 1. The van der Waals surface area contributed by atoms with Crippen molar-refractivity contribution < 1.29 is 4.79 Å². The maximum absolute atomic E-state index is 12.3. The van der Waals surface area contributed by atoms with E-state index < -0.39 is 0 Å². The summed E-state index contributed by atoms with van der Waals surface area (Å²) >= 11 is 3.45. The number of aryl methyl sites for hydroxylation is 1. The van der Waals surface area contributed by atoms with Gasteiger partial charge in [0.2, 0.25) is 0 Å². The first-order chi connectivity index (χ1) is 10.00. The molecule has 21 heavy (non-hydrogen) atoms. The van der Waals surface area contributed by atoms with Crippen LogP contribution in [0.2, 0.25) is 0 Å². The number of H-pyrrole nitrogens is 1. The van der Waals surface area contributed by atoms with Crippen LogP contribution in [0.25, 0.3) is 0 Å². The Balaban J connectivity index is 1.86. The van der Waals surface area contributed by atoms with Crippen LogP contribution in [-0.2, 0) is 5.54 Å². The molecule has 1 saturated carbocycles. The summed E-state index contributed by atoms with van der Waals surface area (Å²) in [5.41, 5.74) is 1.27. The number of benzene rings is 1. The van der Waals surface area contributed by atoms with E-state index in [2.05, 4.69) is 26.2 Å². The van der Waals surface area contributed by atoms with Crippen molar-refractivity contribution in [3.8, 4) is 0 Å². The first kappa shape index (κ1) is 14.1. The lowest BCUT2D eigenvalue weighted by Gasteiger charge is -2.18. The second-order valence-corrected chi connectivity index (χ2v) is 6.35. The Hall–Kier alpha value is -1.88. The van der Waals surface area contributed by atoms with Crippen LogP contribution in [0.15, 0.2) is 45.7 Å². The summed E-state index contributed by atoms with van der Waals surface area (Å²) in [6, 6.07) is 11.2. The van der Waals surface area contributed by atoms with Gasteiger partial charge in [-0.1, -0.05) is 28.1 Å². The van der Waals surface area contributed by atoms with Crippen molar-refractivity contribution in [1.82, 2.24) is 10.3 Å². The van der Waals surface area contributed by atoms with Crippen LogP contribution in [0.4, 0.5) is 0 Å². The van der Waals surface area contributed by atoms with Gasteiger partial charge in [-0.2, -0.15) is 0 Å². The van der Waals surface area contributed by atoms with E-state index in [9.17, 15) is 9.59 Å². The Morgan fingerprint density at radius 1 is 1.29 bits per heavy atom. The van der Waals surface area contributed by atoms with Crippen LogP contribution in [-0.4, -0.2) is 10.9 Å². The zero-order valence-corrected chi connectivity index (χ0v) is 13.2. The van der Waals surface area contributed by atoms with E-state index in [1.54, 1.807) is 19.1 Å². The normalized spacial score (nSPS) is 15.5. The van der Waals surface area contributed by atoms with Crippen LogP contribution in [0.5, 0.6) is 0 Å². The van der Waals surface area contributed by atoms with E-state index in [4.69, 9.17) is 0 Å². The maximum Gasteiger partial charge on any atom is 0.260 e. The maximum atomic E-state index is 12.3. The van der Waals surface area contributed by atoms with Crippen molar-refractivity contribution in [3.05, 3.63) is 68.0 Å². The Bertz CT molecular complexity index is 763. The van der Waals surface area contributed by atoms with Gasteiger partial charge in [-0.15, -0.1) is 0 Å². The molecule has 0 bridgehead atoms. The molecule has 3 rings (SSSR count). The van der Waals surface area contributed by atoms with Crippen molar-refractivity contribution in [2.45, 2.75) is 25.3 Å². The summed E-state index contributed by atoms with van der Waals surface area (Å²) in [4.78, 5) is 26.9. The molecule has 5 heteroatoms. The lowest BCUT2D eigenvalue weighted by atomic mass is 10.0. The fourth-order valence-corrected chi connectivity index (χ4v) is 2.83. The molecule has 1 aromatic heterocycles. The van der Waals surface area contributed by atoms with Crippen molar-refractivity contribution in [2.75, 3.05) is 0 Å². The van der Waals surface area contributed by atoms with Gasteiger partial charge in [0.05, 0.1) is 5.54 Å². The quantitative estimate of drug-likeness (QED) is 0.897. The van der Waals surface area contributed by atoms with Crippen molar-refractivity contribution in [2.24, 2.45) is 0 Å². The molecule has 0 unspecified atom stereocenters. The lowest BCUT2D eigenvalue weighted by molar-refractivity contribution is 0.0929. The summed E-state index contributed by atoms with van der Waals surface area (Å²) in [6.45, 7) is 1.78. The zero-order chi connectivity index (χ0) is 15.0. The third kappa shape index (κ3) is 2.78. The van der Waals surface area contributed by atoms with Crippen LogP contribution in [0.3, 0.4) is 0 Å². The summed E-state index contributed by atoms with van der Waals surface area (Å²) in [5.74, 6) is -0.325. The molecular weight excluding hydrogens is 332 g/mol. The smallest absolute Gasteiger partial charge is 0.260 e. The fourth-order valence-electron chi connectivity index (χ4n) is 2.43. The largest absolute Gasteiger partial charge is 0.342 e. The van der Waals surface area contributed by atoms with Gasteiger partial charge in [-0.05, 0) is 49.6 Å². The average Bonchev–Trinajstić information content (AvgIpc) is 3.19. The average molecular weight is 347 g/mol. The Kier molecular flexibility index (Phi) is 3.45. The molecule has 2 N–H and O–H groups in total. The summed E-state index contributed by atoms with van der Waals surface area (Å²) in [5, 5.41) is 3.01. The Labute approximate surface area is 130 Å². The first-order valence-electron chi connectivity index (χ1n) is 6.79. The number of carbonyl (C=O) groups excluding carboxylic acids is 1. The van der Waals surface area contributed by atoms with Crippen molar-refractivity contribution in [1.29, 1.82) is 0 Å². The summed E-state index contributed by atoms with van der Waals surface area (Å²) < 4.78 is 0.980. The Morgan fingerprint density at radius 3 is 2.67 bits per heavy atom. The third-order valence-corrected chi connectivity index (χ3v) is 4.27. The van der Waals surface area contributed by atoms with E-state index in [1.807, 2.05) is 24.3 Å². The fraction of sp³-hybridized carbons (Fsp3) is 0.250. The molecular formula is C16H15BrN2O2. The molecule has 0 spiro atoms. The topological polar surface area (TPSA) is 62.0 Å². The second kappa shape index (κ2) is 5.15. The zero-order valence-electron chi connectivity index (χ0n) is 11.6. The van der Waals surface area contributed by atoms with Crippen molar-refractivity contribution >= 4 is 21.8 Å². The third-order valence-electron chi connectivity index (χ3n) is 3.78. The standard InChI is InChI=1S/C16H15BrN2O2/c1-10-5-6-13(14(20)18-10)15(21)19-16(7-8-16)11-3-2-4-12(17)9-11/h2-6,9H,7-8H2,1H3,(H,18,20)(H,19,21). The van der Waals surface area contributed by atoms with Gasteiger partial charge in [-0.25, -0.2) is 0 Å². The molecule has 1 heterocycles. The monoisotopic (exact) mass is 346 g/mol. The Morgan fingerprint density at radius 2 is 2.05 bits per heavy atom. The highest BCUT2D eigenvalue weighted by atomic mass is 79.9. The van der Waals surface area contributed by atoms with Crippen LogP contribution >= 0.6 is 15.9 Å². The SMILES string of the molecule is Cc1ccc(C(=O)NC2(c3cccc(Br)c3)CC2)c(=O)[nH]1. The number of hydrogen-bond acceptors (Lipinski definition) is 2. The van der Waals surface area contributed by atoms with E-state index in [0.717, 1.165) is 28.6 Å². The molecule has 1 aromatic carbocycles. The van der Waals surface area contributed by atoms with Crippen LogP contribution in [0.1, 0.15) is 34.5 Å². The summed E-state index contributed by atoms with van der Waals surface area (Å²) in [7, 11) is 0. The highest BCUT2D eigenvalue weighted by Gasteiger charge is 2.46. The predicted octanol–water partition coefficient (Wildman–Crippen LogP) is 2.86. The summed E-state index contributed by atoms with van der Waals surface area (Å²) in [6.07, 6.45) is 1.78. The van der Waals surface area contributed by atoms with E-state index in [1.165, 1.54) is 0 Å². The molecule has 0 saturated heterocycles. The highest BCUT2D eigenvalue weighted by molar-refractivity contribution is 9.10. The van der Waals surface area contributed by atoms with Gasteiger partial charge < -0.3 is 10.3 Å². The number of rotatable bonds is 3. The number of hydrogen-bond donors (Lipinski definition) is 2. The number of nitrogens with one attached hydrogen (secondary N) is 2. The van der Waals surface area contributed by atoms with E-state index in [-0.39, 0.29) is 22.6 Å². The van der Waals surface area contributed by atoms with E-state index in [0.29, 0.717) is 0 Å². The molecule has 0 atom stereocenters. The van der Waals surface area contributed by atoms with Crippen LogP contribution < -0.4 is 10.9 Å². The second-order valence-electron chi connectivity index (χ2n) is 5.43. The molecule has 4 nitrogen and oxygen atoms in total. The van der Waals surface area contributed by atoms with Gasteiger partial charge in [0.15, 0.2) is 0 Å². The number of carbonyl (C=O) groups is 1. The van der Waals surface area contributed by atoms with Gasteiger partial charge in [-0.3, -0.25) is 9.59 Å². The minimum atomic E-state index is -0.349. The van der Waals surface area contributed by atoms with Gasteiger partial charge >= 0.3 is 0 Å². The van der Waals surface area contributed by atoms with Crippen molar-refractivity contribution in [3.63, 3.8) is 0 Å². The van der Waals surface area contributed by atoms with Gasteiger partial charge in [0.25, 0.3) is 11.5 Å². The minimum Gasteiger partial charge on any atom is -0.342 e. The minimum absolute atomic E-state index is 0.155. The number of amides is 1. The van der Waals surface area contributed by atoms with E-state index >= 15 is 0 Å². The first-order valence-corrected chi connectivity index (χ1v) is 7.58. The molecule has 0 radical (unpaired) electrons. The van der Waals surface area contributed by atoms with Crippen LogP contribution in [0, 0.1) is 6.92 Å². The molecule has 1 aliphatic rings. The lowest BCUT2D eigenvalue weighted by Crippen LogP contribution is -2.37. The number of pyridine rings is 1. The molecule has 2 aromatic rings. The predicted molar refractivity (Wildman–Crippen MR) is 84.3 cm³/mol. The van der Waals surface area contributed by atoms with Gasteiger partial charge in [0.1, 0.15) is 5.56 Å². The molecule has 108 valence electrons.